The zero-order valence-corrected chi connectivity index (χ0v) is 5.23. The van der Waals surface area contributed by atoms with E-state index in [1.54, 1.807) is 0 Å². The molecule has 0 aliphatic carbocycles. The second-order valence-corrected chi connectivity index (χ2v) is 1.81. The summed E-state index contributed by atoms with van der Waals surface area (Å²) in [5.74, 6) is 0. The molecule has 0 saturated carbocycles. The van der Waals surface area contributed by atoms with Crippen molar-refractivity contribution in [3.05, 3.63) is 6.33 Å². The van der Waals surface area contributed by atoms with Gasteiger partial charge in [0.1, 0.15) is 0 Å². The molecule has 0 aromatic carbocycles. The Morgan fingerprint density at radius 1 is 1.88 bits per heavy atom. The van der Waals surface area contributed by atoms with Gasteiger partial charge in [-0.1, -0.05) is 0 Å². The number of hydrogen-bond donors (Lipinski definition) is 0. The second kappa shape index (κ2) is 2.61. The topological polar surface area (TPSA) is 35.0 Å². The molecule has 43 valence electrons. The third kappa shape index (κ3) is 1.16. The minimum absolute atomic E-state index is 0.590. The first-order chi connectivity index (χ1) is 3.93. The summed E-state index contributed by atoms with van der Waals surface area (Å²) in [6.07, 6.45) is 2.41. The lowest BCUT2D eigenvalue weighted by Gasteiger charge is -1.90. The molecule has 0 spiro atoms. The van der Waals surface area contributed by atoms with E-state index in [1.807, 2.05) is 6.92 Å². The maximum absolute atomic E-state index is 4.96. The van der Waals surface area contributed by atoms with Crippen LogP contribution in [0.25, 0.3) is 0 Å². The third-order valence-electron chi connectivity index (χ3n) is 0.574. The molecule has 3 nitrogen and oxygen atoms in total. The van der Waals surface area contributed by atoms with Gasteiger partial charge in [0.05, 0.1) is 6.61 Å². The van der Waals surface area contributed by atoms with E-state index in [0.29, 0.717) is 11.8 Å². The van der Waals surface area contributed by atoms with Crippen molar-refractivity contribution in [1.82, 2.24) is 9.36 Å². The molecule has 0 N–H and O–H groups in total. The lowest BCUT2D eigenvalue weighted by atomic mass is 10.9. The zero-order chi connectivity index (χ0) is 5.82. The fourth-order valence-electron chi connectivity index (χ4n) is 0.323. The van der Waals surface area contributed by atoms with E-state index in [4.69, 9.17) is 4.74 Å². The van der Waals surface area contributed by atoms with Gasteiger partial charge in [-0.05, 0) is 6.92 Å². The smallest absolute Gasteiger partial charge is 0.293 e. The highest BCUT2D eigenvalue weighted by molar-refractivity contribution is 7.07. The van der Waals surface area contributed by atoms with Crippen LogP contribution in [-0.2, 0) is 0 Å². The summed E-state index contributed by atoms with van der Waals surface area (Å²) >= 11 is 1.21. The Kier molecular flexibility index (Phi) is 1.80. The normalized spacial score (nSPS) is 9.12. The molecule has 1 aromatic rings. The van der Waals surface area contributed by atoms with Gasteiger partial charge in [0, 0.05) is 11.5 Å². The van der Waals surface area contributed by atoms with Crippen molar-refractivity contribution in [3.8, 4) is 5.19 Å². The standard InChI is InChI=1S/C4H5N2OS/c1-2-7-4-5-3-6-8-4/h2H2,1H3. The van der Waals surface area contributed by atoms with Crippen molar-refractivity contribution >= 4 is 11.5 Å². The van der Waals surface area contributed by atoms with Gasteiger partial charge in [0.15, 0.2) is 0 Å². The van der Waals surface area contributed by atoms with E-state index in [9.17, 15) is 0 Å². The van der Waals surface area contributed by atoms with Gasteiger partial charge in [0.25, 0.3) is 5.19 Å². The molecule has 4 heteroatoms. The number of rotatable bonds is 2. The Bertz CT molecular complexity index is 140. The number of nitrogens with zero attached hydrogens (tertiary/aromatic N) is 2. The summed E-state index contributed by atoms with van der Waals surface area (Å²) in [6, 6.07) is 0. The van der Waals surface area contributed by atoms with Gasteiger partial charge in [-0.2, -0.15) is 9.36 Å². The van der Waals surface area contributed by atoms with Gasteiger partial charge >= 0.3 is 0 Å². The maximum atomic E-state index is 4.96. The van der Waals surface area contributed by atoms with Crippen molar-refractivity contribution in [2.24, 2.45) is 0 Å². The lowest BCUT2D eigenvalue weighted by Crippen LogP contribution is -1.88. The second-order valence-electron chi connectivity index (χ2n) is 1.09. The van der Waals surface area contributed by atoms with E-state index in [1.165, 1.54) is 11.5 Å². The van der Waals surface area contributed by atoms with Crippen LogP contribution in [-0.4, -0.2) is 16.0 Å². The van der Waals surface area contributed by atoms with Crippen LogP contribution in [0.4, 0.5) is 0 Å². The largest absolute Gasteiger partial charge is 0.469 e. The number of aromatic nitrogens is 2. The molecular formula is C4H5N2OS. The molecule has 1 heterocycles. The van der Waals surface area contributed by atoms with Gasteiger partial charge in [-0.25, -0.2) is 0 Å². The molecule has 0 atom stereocenters. The Morgan fingerprint density at radius 3 is 3.25 bits per heavy atom. The van der Waals surface area contributed by atoms with Crippen LogP contribution in [0.15, 0.2) is 0 Å². The third-order valence-corrected chi connectivity index (χ3v) is 1.11. The average molecular weight is 129 g/mol. The molecule has 1 rings (SSSR count). The highest BCUT2D eigenvalue weighted by Gasteiger charge is 1.91. The summed E-state index contributed by atoms with van der Waals surface area (Å²) in [5, 5.41) is 0.590. The van der Waals surface area contributed by atoms with Gasteiger partial charge in [-0.15, -0.1) is 0 Å². The fourth-order valence-corrected chi connectivity index (χ4v) is 0.735. The van der Waals surface area contributed by atoms with Crippen molar-refractivity contribution in [3.63, 3.8) is 0 Å². The summed E-state index contributed by atoms with van der Waals surface area (Å²) in [5.41, 5.74) is 0. The molecular weight excluding hydrogens is 124 g/mol. The molecule has 8 heavy (non-hydrogen) atoms. The van der Waals surface area contributed by atoms with Crippen molar-refractivity contribution in [2.75, 3.05) is 6.61 Å². The maximum Gasteiger partial charge on any atom is 0.293 e. The molecule has 0 unspecified atom stereocenters. The minimum atomic E-state index is 0.590. The zero-order valence-electron chi connectivity index (χ0n) is 4.42. The quantitative estimate of drug-likeness (QED) is 0.590. The monoisotopic (exact) mass is 129 g/mol. The summed E-state index contributed by atoms with van der Waals surface area (Å²) in [4.78, 5) is 3.67. The van der Waals surface area contributed by atoms with E-state index >= 15 is 0 Å². The van der Waals surface area contributed by atoms with Crippen LogP contribution in [0.3, 0.4) is 0 Å². The molecule has 0 amide bonds. The van der Waals surface area contributed by atoms with E-state index in [0.717, 1.165) is 0 Å². The Morgan fingerprint density at radius 2 is 2.75 bits per heavy atom. The molecule has 0 saturated heterocycles. The fraction of sp³-hybridized carbons (Fsp3) is 0.500. The first-order valence-electron chi connectivity index (χ1n) is 2.26. The Balaban J connectivity index is 2.50. The summed E-state index contributed by atoms with van der Waals surface area (Å²) in [6.45, 7) is 2.55. The molecule has 0 aliphatic rings. The Labute approximate surface area is 51.5 Å². The van der Waals surface area contributed by atoms with Gasteiger partial charge in [-0.3, -0.25) is 0 Å². The van der Waals surface area contributed by atoms with Crippen LogP contribution in [0.5, 0.6) is 5.19 Å². The molecule has 0 fully saturated rings. The predicted molar refractivity (Wildman–Crippen MR) is 29.9 cm³/mol. The van der Waals surface area contributed by atoms with Crippen molar-refractivity contribution < 1.29 is 4.74 Å². The van der Waals surface area contributed by atoms with Crippen molar-refractivity contribution in [1.29, 1.82) is 0 Å². The van der Waals surface area contributed by atoms with Gasteiger partial charge < -0.3 is 4.74 Å². The first kappa shape index (κ1) is 5.50. The van der Waals surface area contributed by atoms with Crippen LogP contribution in [0, 0.1) is 6.33 Å². The van der Waals surface area contributed by atoms with Crippen LogP contribution >= 0.6 is 11.5 Å². The minimum Gasteiger partial charge on any atom is -0.469 e. The van der Waals surface area contributed by atoms with E-state index in [-0.39, 0.29) is 0 Å². The number of hydrogen-bond acceptors (Lipinski definition) is 4. The highest BCUT2D eigenvalue weighted by Crippen LogP contribution is 2.08. The summed E-state index contributed by atoms with van der Waals surface area (Å²) in [7, 11) is 0. The highest BCUT2D eigenvalue weighted by atomic mass is 32.1. The molecule has 0 aliphatic heterocycles. The average Bonchev–Trinajstić information content (AvgIpc) is 2.19. The SMILES string of the molecule is CCOc1n[c]ns1. The lowest BCUT2D eigenvalue weighted by molar-refractivity contribution is 0.338. The summed E-state index contributed by atoms with van der Waals surface area (Å²) < 4.78 is 8.58. The van der Waals surface area contributed by atoms with Crippen LogP contribution < -0.4 is 4.74 Å². The molecule has 0 bridgehead atoms. The van der Waals surface area contributed by atoms with E-state index < -0.39 is 0 Å². The van der Waals surface area contributed by atoms with Crippen LogP contribution in [0.2, 0.25) is 0 Å². The van der Waals surface area contributed by atoms with Crippen molar-refractivity contribution in [2.45, 2.75) is 6.92 Å². The molecule has 1 aromatic heterocycles. The van der Waals surface area contributed by atoms with Gasteiger partial charge in [0.2, 0.25) is 6.33 Å². The first-order valence-corrected chi connectivity index (χ1v) is 3.03. The predicted octanol–water partition coefficient (Wildman–Crippen LogP) is 0.737. The van der Waals surface area contributed by atoms with E-state index in [2.05, 4.69) is 15.7 Å². The number of ether oxygens (including phenoxy) is 1. The Hall–Kier alpha value is -0.640. The van der Waals surface area contributed by atoms with Crippen LogP contribution in [0.1, 0.15) is 6.92 Å². The molecule has 1 radical (unpaired) electrons.